The van der Waals surface area contributed by atoms with Crippen LogP contribution in [-0.2, 0) is 11.2 Å². The largest absolute Gasteiger partial charge is 0.361 e. The Morgan fingerprint density at radius 1 is 1.13 bits per heavy atom. The van der Waals surface area contributed by atoms with Gasteiger partial charge in [-0.1, -0.05) is 29.8 Å². The zero-order valence-corrected chi connectivity index (χ0v) is 16.9. The van der Waals surface area contributed by atoms with Crippen LogP contribution in [-0.4, -0.2) is 22.0 Å². The third-order valence-corrected chi connectivity index (χ3v) is 5.15. The molecular formula is C24H19ClN4O. The van der Waals surface area contributed by atoms with Crippen LogP contribution in [0.25, 0.3) is 22.7 Å². The number of para-hydroxylation sites is 1. The number of rotatable bonds is 6. The molecule has 4 aromatic rings. The molecule has 2 heterocycles. The van der Waals surface area contributed by atoms with E-state index in [1.165, 1.54) is 0 Å². The van der Waals surface area contributed by atoms with Gasteiger partial charge in [-0.3, -0.25) is 4.79 Å². The highest BCUT2D eigenvalue weighted by Crippen LogP contribution is 2.19. The van der Waals surface area contributed by atoms with Gasteiger partial charge in [-0.15, -0.1) is 0 Å². The van der Waals surface area contributed by atoms with Crippen LogP contribution in [0.5, 0.6) is 0 Å². The van der Waals surface area contributed by atoms with Gasteiger partial charge in [0, 0.05) is 46.2 Å². The van der Waals surface area contributed by atoms with Crippen LogP contribution in [0.2, 0.25) is 5.02 Å². The Balaban J connectivity index is 1.46. The lowest BCUT2D eigenvalue weighted by Gasteiger charge is -2.08. The minimum atomic E-state index is -0.388. The minimum Gasteiger partial charge on any atom is -0.361 e. The maximum atomic E-state index is 12.5. The number of aromatic nitrogens is 2. The van der Waals surface area contributed by atoms with Gasteiger partial charge in [0.05, 0.1) is 0 Å². The van der Waals surface area contributed by atoms with E-state index in [-0.39, 0.29) is 11.5 Å². The van der Waals surface area contributed by atoms with Crippen molar-refractivity contribution >= 4 is 34.5 Å². The first kappa shape index (κ1) is 19.6. The van der Waals surface area contributed by atoms with E-state index in [0.29, 0.717) is 18.0 Å². The molecule has 148 valence electrons. The molecule has 0 saturated heterocycles. The number of fused-ring (bicyclic) bond motifs is 1. The number of aromatic amines is 1. The predicted octanol–water partition coefficient (Wildman–Crippen LogP) is 4.88. The minimum absolute atomic E-state index is 0.0582. The number of nitrogens with zero attached hydrogens (tertiary/aromatic N) is 2. The quantitative estimate of drug-likeness (QED) is 0.348. The SMILES string of the molecule is N#C/C(=C\c1cccn1-c1ccc(Cl)cc1)C(=O)NCCc1c[nH]c2ccccc12. The maximum Gasteiger partial charge on any atom is 0.262 e. The molecule has 0 spiro atoms. The zero-order chi connectivity index (χ0) is 20.9. The number of carbonyl (C=O) groups is 1. The van der Waals surface area contributed by atoms with E-state index in [1.807, 2.05) is 65.5 Å². The molecule has 2 N–H and O–H groups in total. The van der Waals surface area contributed by atoms with Crippen molar-refractivity contribution in [1.82, 2.24) is 14.9 Å². The number of amides is 1. The van der Waals surface area contributed by atoms with E-state index in [2.05, 4.69) is 16.4 Å². The molecule has 0 saturated carbocycles. The summed E-state index contributed by atoms with van der Waals surface area (Å²) in [6.45, 7) is 0.442. The molecular weight excluding hydrogens is 396 g/mol. The second kappa shape index (κ2) is 8.73. The summed E-state index contributed by atoms with van der Waals surface area (Å²) in [5.41, 5.74) is 3.89. The van der Waals surface area contributed by atoms with E-state index in [9.17, 15) is 10.1 Å². The van der Waals surface area contributed by atoms with Gasteiger partial charge in [-0.05, 0) is 60.5 Å². The average Bonchev–Trinajstić information content (AvgIpc) is 3.39. The van der Waals surface area contributed by atoms with E-state index in [1.54, 1.807) is 18.2 Å². The number of H-pyrrole nitrogens is 1. The van der Waals surface area contributed by atoms with Crippen LogP contribution >= 0.6 is 11.6 Å². The van der Waals surface area contributed by atoms with E-state index >= 15 is 0 Å². The molecule has 0 aliphatic carbocycles. The summed E-state index contributed by atoms with van der Waals surface area (Å²) < 4.78 is 1.90. The molecule has 5 nitrogen and oxygen atoms in total. The molecule has 0 aliphatic rings. The Hall–Kier alpha value is -3.75. The molecule has 0 aliphatic heterocycles. The third-order valence-electron chi connectivity index (χ3n) is 4.90. The van der Waals surface area contributed by atoms with Crippen molar-refractivity contribution in [1.29, 1.82) is 5.26 Å². The lowest BCUT2D eigenvalue weighted by atomic mass is 10.1. The lowest BCUT2D eigenvalue weighted by Crippen LogP contribution is -2.26. The maximum absolute atomic E-state index is 12.5. The van der Waals surface area contributed by atoms with Gasteiger partial charge in [0.1, 0.15) is 11.6 Å². The zero-order valence-electron chi connectivity index (χ0n) is 16.1. The predicted molar refractivity (Wildman–Crippen MR) is 119 cm³/mol. The molecule has 6 heteroatoms. The van der Waals surface area contributed by atoms with Gasteiger partial charge in [0.15, 0.2) is 0 Å². The molecule has 2 aromatic carbocycles. The summed E-state index contributed by atoms with van der Waals surface area (Å²) in [5.74, 6) is -0.388. The Labute approximate surface area is 179 Å². The summed E-state index contributed by atoms with van der Waals surface area (Å²) in [5, 5.41) is 14.1. The van der Waals surface area contributed by atoms with E-state index in [0.717, 1.165) is 27.8 Å². The Morgan fingerprint density at radius 2 is 1.93 bits per heavy atom. The standard InChI is InChI=1S/C24H19ClN4O/c25-19-7-9-20(10-8-19)29-13-3-4-21(29)14-18(15-26)24(30)27-12-11-17-16-28-23-6-2-1-5-22(17)23/h1-10,13-14,16,28H,11-12H2,(H,27,30)/b18-14+. The normalized spacial score (nSPS) is 11.4. The summed E-state index contributed by atoms with van der Waals surface area (Å²) in [7, 11) is 0. The van der Waals surface area contributed by atoms with Crippen molar-refractivity contribution in [3.8, 4) is 11.8 Å². The topological polar surface area (TPSA) is 73.6 Å². The molecule has 0 atom stereocenters. The fraction of sp³-hybridized carbons (Fsp3) is 0.0833. The van der Waals surface area contributed by atoms with E-state index < -0.39 is 0 Å². The average molecular weight is 415 g/mol. The molecule has 30 heavy (non-hydrogen) atoms. The van der Waals surface area contributed by atoms with Crippen molar-refractivity contribution in [2.45, 2.75) is 6.42 Å². The first-order valence-electron chi connectivity index (χ1n) is 9.54. The van der Waals surface area contributed by atoms with Crippen LogP contribution in [0.15, 0.2) is 78.6 Å². The van der Waals surface area contributed by atoms with Crippen molar-refractivity contribution in [2.75, 3.05) is 6.54 Å². The van der Waals surface area contributed by atoms with Gasteiger partial charge in [-0.25, -0.2) is 0 Å². The monoisotopic (exact) mass is 414 g/mol. The van der Waals surface area contributed by atoms with Crippen LogP contribution in [0.4, 0.5) is 0 Å². The number of carbonyl (C=O) groups excluding carboxylic acids is 1. The molecule has 4 rings (SSSR count). The molecule has 0 fully saturated rings. The number of nitriles is 1. The Morgan fingerprint density at radius 3 is 2.73 bits per heavy atom. The number of hydrogen-bond donors (Lipinski definition) is 2. The number of hydrogen-bond acceptors (Lipinski definition) is 2. The molecule has 1 amide bonds. The van der Waals surface area contributed by atoms with Crippen LogP contribution in [0, 0.1) is 11.3 Å². The van der Waals surface area contributed by atoms with Crippen molar-refractivity contribution < 1.29 is 4.79 Å². The number of halogens is 1. The van der Waals surface area contributed by atoms with Crippen molar-refractivity contribution in [3.63, 3.8) is 0 Å². The fourth-order valence-electron chi connectivity index (χ4n) is 3.39. The Bertz CT molecular complexity index is 1260. The number of benzene rings is 2. The second-order valence-corrected chi connectivity index (χ2v) is 7.25. The van der Waals surface area contributed by atoms with Gasteiger partial charge in [0.25, 0.3) is 5.91 Å². The highest BCUT2D eigenvalue weighted by molar-refractivity contribution is 6.30. The molecule has 0 radical (unpaired) electrons. The third kappa shape index (κ3) is 4.14. The smallest absolute Gasteiger partial charge is 0.262 e. The number of nitrogens with one attached hydrogen (secondary N) is 2. The van der Waals surface area contributed by atoms with Crippen LogP contribution in [0.1, 0.15) is 11.3 Å². The summed E-state index contributed by atoms with van der Waals surface area (Å²) in [4.78, 5) is 15.8. The second-order valence-electron chi connectivity index (χ2n) is 6.81. The van der Waals surface area contributed by atoms with Crippen LogP contribution in [0.3, 0.4) is 0 Å². The highest BCUT2D eigenvalue weighted by Gasteiger charge is 2.11. The summed E-state index contributed by atoms with van der Waals surface area (Å²) in [6, 6.07) is 21.1. The summed E-state index contributed by atoms with van der Waals surface area (Å²) >= 11 is 5.96. The van der Waals surface area contributed by atoms with Gasteiger partial charge < -0.3 is 14.9 Å². The summed E-state index contributed by atoms with van der Waals surface area (Å²) in [6.07, 6.45) is 6.10. The van der Waals surface area contributed by atoms with E-state index in [4.69, 9.17) is 11.6 Å². The lowest BCUT2D eigenvalue weighted by molar-refractivity contribution is -0.117. The van der Waals surface area contributed by atoms with Crippen LogP contribution < -0.4 is 5.32 Å². The first-order chi connectivity index (χ1) is 14.7. The Kier molecular flexibility index (Phi) is 5.69. The highest BCUT2D eigenvalue weighted by atomic mass is 35.5. The fourth-order valence-corrected chi connectivity index (χ4v) is 3.52. The van der Waals surface area contributed by atoms with Gasteiger partial charge in [-0.2, -0.15) is 5.26 Å². The first-order valence-corrected chi connectivity index (χ1v) is 9.92. The van der Waals surface area contributed by atoms with Crippen molar-refractivity contribution in [3.05, 3.63) is 94.9 Å². The molecule has 2 aromatic heterocycles. The molecule has 0 unspecified atom stereocenters. The van der Waals surface area contributed by atoms with Gasteiger partial charge in [0.2, 0.25) is 0 Å². The van der Waals surface area contributed by atoms with Crippen molar-refractivity contribution in [2.24, 2.45) is 0 Å². The van der Waals surface area contributed by atoms with Gasteiger partial charge >= 0.3 is 0 Å². The molecule has 0 bridgehead atoms.